The fourth-order valence-corrected chi connectivity index (χ4v) is 1.74. The van der Waals surface area contributed by atoms with E-state index >= 15 is 0 Å². The third-order valence-electron chi connectivity index (χ3n) is 0.665. The van der Waals surface area contributed by atoms with Crippen LogP contribution in [0, 0.1) is 0 Å². The van der Waals surface area contributed by atoms with Crippen LogP contribution in [0.3, 0.4) is 0 Å². The molecule has 0 aliphatic heterocycles. The average molecular weight is 183 g/mol. The predicted molar refractivity (Wildman–Crippen MR) is 47.9 cm³/mol. The Labute approximate surface area is 68.1 Å². The van der Waals surface area contributed by atoms with Gasteiger partial charge in [0.1, 0.15) is 0 Å². The number of thiol groups is 1. The lowest BCUT2D eigenvalue weighted by Gasteiger charge is -2.02. The largest absolute Gasteiger partial charge is 0.320 e. The first kappa shape index (κ1) is 9.68. The van der Waals surface area contributed by atoms with Crippen molar-refractivity contribution in [2.24, 2.45) is 5.73 Å². The number of carbonyl (C=O) groups excluding carboxylic acids is 1. The maximum Gasteiger partial charge on any atom is 0.216 e. The highest BCUT2D eigenvalue weighted by Gasteiger charge is 2.10. The van der Waals surface area contributed by atoms with E-state index < -0.39 is 6.04 Å². The molecule has 0 aromatic rings. The van der Waals surface area contributed by atoms with E-state index in [-0.39, 0.29) is 5.12 Å². The Balaban J connectivity index is 3.46. The molecule has 0 saturated carbocycles. The van der Waals surface area contributed by atoms with Gasteiger partial charge in [0.25, 0.3) is 0 Å². The van der Waals surface area contributed by atoms with Crippen LogP contribution in [-0.4, -0.2) is 23.2 Å². The molecule has 54 valence electrons. The van der Waals surface area contributed by atoms with Crippen molar-refractivity contribution in [3.8, 4) is 0 Å². The summed E-state index contributed by atoms with van der Waals surface area (Å²) in [6.07, 6.45) is 1.84. The summed E-state index contributed by atoms with van der Waals surface area (Å²) < 4.78 is 0. The van der Waals surface area contributed by atoms with Crippen LogP contribution >= 0.6 is 34.2 Å². The molecule has 0 amide bonds. The first-order valence-corrected chi connectivity index (χ1v) is 5.52. The van der Waals surface area contributed by atoms with Crippen LogP contribution in [0.2, 0.25) is 0 Å². The van der Waals surface area contributed by atoms with Crippen LogP contribution in [0.25, 0.3) is 0 Å². The number of hydrogen-bond acceptors (Lipinski definition) is 5. The SMILES string of the molecule is CSSC(=O)[C@@H](N)CS. The smallest absolute Gasteiger partial charge is 0.216 e. The van der Waals surface area contributed by atoms with Gasteiger partial charge in [-0.1, -0.05) is 10.8 Å². The van der Waals surface area contributed by atoms with Crippen molar-refractivity contribution in [2.75, 3.05) is 12.0 Å². The predicted octanol–water partition coefficient (Wildman–Crippen LogP) is 0.781. The molecule has 2 N–H and O–H groups in total. The molecule has 0 radical (unpaired) electrons. The molecule has 0 bridgehead atoms. The molecule has 0 saturated heterocycles. The van der Waals surface area contributed by atoms with Gasteiger partial charge in [-0.05, 0) is 17.0 Å². The molecule has 0 aliphatic rings. The Morgan fingerprint density at radius 2 is 2.44 bits per heavy atom. The van der Waals surface area contributed by atoms with Gasteiger partial charge in [0.2, 0.25) is 5.12 Å². The molecule has 0 heterocycles. The molecule has 5 heteroatoms. The van der Waals surface area contributed by atoms with Gasteiger partial charge in [-0.2, -0.15) is 12.6 Å². The van der Waals surface area contributed by atoms with Gasteiger partial charge in [0, 0.05) is 5.75 Å². The molecule has 1 atom stereocenters. The van der Waals surface area contributed by atoms with Crippen molar-refractivity contribution in [3.05, 3.63) is 0 Å². The summed E-state index contributed by atoms with van der Waals surface area (Å²) in [6, 6.07) is -0.411. The Morgan fingerprint density at radius 1 is 1.89 bits per heavy atom. The summed E-state index contributed by atoms with van der Waals surface area (Å²) in [6.45, 7) is 0. The zero-order chi connectivity index (χ0) is 7.28. The Morgan fingerprint density at radius 3 is 2.78 bits per heavy atom. The topological polar surface area (TPSA) is 43.1 Å². The Hall–Kier alpha value is 0.680. The molecule has 0 unspecified atom stereocenters. The molecule has 0 aromatic heterocycles. The second-order valence-corrected chi connectivity index (χ2v) is 4.13. The highest BCUT2D eigenvalue weighted by molar-refractivity contribution is 8.82. The Kier molecular flexibility index (Phi) is 5.88. The van der Waals surface area contributed by atoms with E-state index in [9.17, 15) is 4.79 Å². The monoisotopic (exact) mass is 183 g/mol. The fraction of sp³-hybridized carbons (Fsp3) is 0.750. The van der Waals surface area contributed by atoms with Gasteiger partial charge in [0.05, 0.1) is 6.04 Å². The summed E-state index contributed by atoms with van der Waals surface area (Å²) in [7, 11) is 2.57. The van der Waals surface area contributed by atoms with Gasteiger partial charge in [-0.25, -0.2) is 0 Å². The second kappa shape index (κ2) is 5.46. The molecule has 0 rings (SSSR count). The number of nitrogens with two attached hydrogens (primary N) is 1. The maximum absolute atomic E-state index is 10.7. The highest BCUT2D eigenvalue weighted by atomic mass is 33.1. The second-order valence-electron chi connectivity index (χ2n) is 1.36. The van der Waals surface area contributed by atoms with Gasteiger partial charge in [-0.15, -0.1) is 0 Å². The van der Waals surface area contributed by atoms with Gasteiger partial charge in [0.15, 0.2) is 0 Å². The van der Waals surface area contributed by atoms with Crippen molar-refractivity contribution in [2.45, 2.75) is 6.04 Å². The lowest BCUT2D eigenvalue weighted by molar-refractivity contribution is -0.111. The quantitative estimate of drug-likeness (QED) is 0.501. The standard InChI is InChI=1S/C4H9NOS3/c1-8-9-4(6)3(5)2-7/h3,7H,2,5H2,1H3/t3-/m0/s1. The minimum Gasteiger partial charge on any atom is -0.320 e. The van der Waals surface area contributed by atoms with Crippen LogP contribution in [0.4, 0.5) is 0 Å². The van der Waals surface area contributed by atoms with E-state index in [1.165, 1.54) is 21.6 Å². The number of rotatable bonds is 3. The summed E-state index contributed by atoms with van der Waals surface area (Å²) in [5, 5.41) is -0.00231. The zero-order valence-electron chi connectivity index (χ0n) is 5.03. The molecule has 0 aliphatic carbocycles. The van der Waals surface area contributed by atoms with E-state index in [0.717, 1.165) is 0 Å². The summed E-state index contributed by atoms with van der Waals surface area (Å²) in [5.41, 5.74) is 5.34. The molecule has 2 nitrogen and oxygen atoms in total. The summed E-state index contributed by atoms with van der Waals surface area (Å²) in [4.78, 5) is 10.7. The van der Waals surface area contributed by atoms with Gasteiger partial charge in [-0.3, -0.25) is 4.79 Å². The molecule has 0 fully saturated rings. The minimum atomic E-state index is -0.411. The first-order valence-electron chi connectivity index (χ1n) is 2.33. The maximum atomic E-state index is 10.7. The lowest BCUT2D eigenvalue weighted by atomic mass is 10.4. The normalized spacial score (nSPS) is 13.2. The highest BCUT2D eigenvalue weighted by Crippen LogP contribution is 2.18. The van der Waals surface area contributed by atoms with Crippen LogP contribution < -0.4 is 5.73 Å². The third kappa shape index (κ3) is 4.13. The van der Waals surface area contributed by atoms with Crippen molar-refractivity contribution in [1.82, 2.24) is 0 Å². The van der Waals surface area contributed by atoms with E-state index in [1.807, 2.05) is 6.26 Å². The molecular weight excluding hydrogens is 174 g/mol. The van der Waals surface area contributed by atoms with Crippen molar-refractivity contribution >= 4 is 39.3 Å². The van der Waals surface area contributed by atoms with E-state index in [1.54, 1.807) is 0 Å². The molecular formula is C4H9NOS3. The van der Waals surface area contributed by atoms with Crippen molar-refractivity contribution < 1.29 is 4.79 Å². The average Bonchev–Trinajstić information content (AvgIpc) is 1.87. The third-order valence-corrected chi connectivity index (χ3v) is 2.68. The van der Waals surface area contributed by atoms with Crippen molar-refractivity contribution in [1.29, 1.82) is 0 Å². The van der Waals surface area contributed by atoms with E-state index in [2.05, 4.69) is 12.6 Å². The summed E-state index contributed by atoms with van der Waals surface area (Å²) >= 11 is 3.88. The number of carbonyl (C=O) groups is 1. The van der Waals surface area contributed by atoms with Crippen molar-refractivity contribution in [3.63, 3.8) is 0 Å². The lowest BCUT2D eigenvalue weighted by Crippen LogP contribution is -2.29. The first-order chi connectivity index (χ1) is 4.22. The van der Waals surface area contributed by atoms with Crippen LogP contribution in [-0.2, 0) is 4.79 Å². The zero-order valence-corrected chi connectivity index (χ0v) is 7.56. The minimum absolute atomic E-state index is 0.00231. The molecule has 0 spiro atoms. The molecule has 0 aromatic carbocycles. The van der Waals surface area contributed by atoms with Gasteiger partial charge >= 0.3 is 0 Å². The molecule has 9 heavy (non-hydrogen) atoms. The van der Waals surface area contributed by atoms with Crippen LogP contribution in [0.1, 0.15) is 0 Å². The Bertz CT molecular complexity index is 97.8. The van der Waals surface area contributed by atoms with Crippen LogP contribution in [0.15, 0.2) is 0 Å². The number of hydrogen-bond donors (Lipinski definition) is 2. The van der Waals surface area contributed by atoms with E-state index in [0.29, 0.717) is 5.75 Å². The summed E-state index contributed by atoms with van der Waals surface area (Å²) in [5.74, 6) is 0.423. The fourth-order valence-electron chi connectivity index (χ4n) is 0.218. The van der Waals surface area contributed by atoms with Crippen LogP contribution in [0.5, 0.6) is 0 Å². The van der Waals surface area contributed by atoms with Gasteiger partial charge < -0.3 is 5.73 Å². The van der Waals surface area contributed by atoms with E-state index in [4.69, 9.17) is 5.73 Å².